The Labute approximate surface area is 101 Å². The maximum absolute atomic E-state index is 8.59. The fraction of sp³-hybridized carbons (Fsp3) is 0.909. The van der Waals surface area contributed by atoms with Gasteiger partial charge in [0, 0.05) is 11.8 Å². The molecule has 0 aromatic carbocycles. The molecular formula is C11H20N4O2. The summed E-state index contributed by atoms with van der Waals surface area (Å²) in [5, 5.41) is 11.1. The minimum Gasteiger partial charge on any atom is -0.452 e. The molecule has 0 bridgehead atoms. The van der Waals surface area contributed by atoms with E-state index in [0.717, 1.165) is 6.42 Å². The van der Waals surface area contributed by atoms with Crippen LogP contribution in [0.15, 0.2) is 5.11 Å². The Kier molecular flexibility index (Phi) is 4.78. The van der Waals surface area contributed by atoms with E-state index in [4.69, 9.17) is 20.4 Å². The average molecular weight is 240 g/mol. The molecule has 1 heterocycles. The Bertz CT molecular complexity index is 327. The SMILES string of the molecule is CCC1OC(OC(C)=N)C(N=[N+]=[N-])C(C)C1C. The van der Waals surface area contributed by atoms with Crippen molar-refractivity contribution in [3.63, 3.8) is 0 Å². The first-order valence-electron chi connectivity index (χ1n) is 5.92. The van der Waals surface area contributed by atoms with Gasteiger partial charge in [-0.25, -0.2) is 0 Å². The predicted octanol–water partition coefficient (Wildman–Crippen LogP) is 3.09. The van der Waals surface area contributed by atoms with Gasteiger partial charge in [0.15, 0.2) is 5.90 Å². The second-order valence-electron chi connectivity index (χ2n) is 4.54. The maximum Gasteiger partial charge on any atom is 0.210 e. The smallest absolute Gasteiger partial charge is 0.210 e. The number of nitrogens with one attached hydrogen (secondary N) is 1. The topological polar surface area (TPSA) is 91.1 Å². The molecule has 1 aliphatic rings. The molecule has 5 unspecified atom stereocenters. The van der Waals surface area contributed by atoms with Crippen LogP contribution in [0.2, 0.25) is 0 Å². The molecule has 1 saturated heterocycles. The van der Waals surface area contributed by atoms with Crippen molar-refractivity contribution in [1.82, 2.24) is 0 Å². The van der Waals surface area contributed by atoms with Crippen molar-refractivity contribution in [2.45, 2.75) is 52.6 Å². The molecule has 1 aliphatic heterocycles. The molecule has 1 rings (SSSR count). The first-order chi connectivity index (χ1) is 8.01. The van der Waals surface area contributed by atoms with Crippen molar-refractivity contribution in [1.29, 1.82) is 5.41 Å². The molecule has 0 radical (unpaired) electrons. The Hall–Kier alpha value is -1.26. The average Bonchev–Trinajstić information content (AvgIpc) is 2.27. The molecule has 17 heavy (non-hydrogen) atoms. The lowest BCUT2D eigenvalue weighted by molar-refractivity contribution is -0.198. The normalized spacial score (nSPS) is 37.1. The molecule has 0 aromatic rings. The molecule has 0 spiro atoms. The van der Waals surface area contributed by atoms with E-state index in [9.17, 15) is 0 Å². The van der Waals surface area contributed by atoms with E-state index in [-0.39, 0.29) is 24.0 Å². The van der Waals surface area contributed by atoms with Gasteiger partial charge in [-0.1, -0.05) is 25.9 Å². The van der Waals surface area contributed by atoms with Crippen LogP contribution < -0.4 is 0 Å². The monoisotopic (exact) mass is 240 g/mol. The minimum atomic E-state index is -0.639. The highest BCUT2D eigenvalue weighted by atomic mass is 16.7. The molecule has 5 atom stereocenters. The summed E-state index contributed by atoms with van der Waals surface area (Å²) in [6.45, 7) is 7.72. The third-order valence-electron chi connectivity index (χ3n) is 3.42. The van der Waals surface area contributed by atoms with Crippen molar-refractivity contribution in [2.24, 2.45) is 17.0 Å². The van der Waals surface area contributed by atoms with E-state index in [1.807, 2.05) is 6.92 Å². The lowest BCUT2D eigenvalue weighted by Gasteiger charge is -2.42. The summed E-state index contributed by atoms with van der Waals surface area (Å²) in [6, 6.07) is -0.377. The van der Waals surface area contributed by atoms with Crippen LogP contribution >= 0.6 is 0 Å². The fourth-order valence-corrected chi connectivity index (χ4v) is 2.23. The number of hydrogen-bond acceptors (Lipinski definition) is 4. The molecule has 1 N–H and O–H groups in total. The summed E-state index contributed by atoms with van der Waals surface area (Å²) >= 11 is 0. The van der Waals surface area contributed by atoms with Gasteiger partial charge in [-0.05, 0) is 23.8 Å². The summed E-state index contributed by atoms with van der Waals surface area (Å²) in [6.07, 6.45) is 0.324. The van der Waals surface area contributed by atoms with Crippen LogP contribution in [0.1, 0.15) is 34.1 Å². The zero-order valence-corrected chi connectivity index (χ0v) is 10.8. The summed E-state index contributed by atoms with van der Waals surface area (Å²) in [7, 11) is 0. The second kappa shape index (κ2) is 5.89. The molecule has 0 aromatic heterocycles. The molecule has 0 aliphatic carbocycles. The van der Waals surface area contributed by atoms with E-state index in [1.54, 1.807) is 6.92 Å². The number of hydrogen-bond donors (Lipinski definition) is 1. The van der Waals surface area contributed by atoms with E-state index < -0.39 is 6.29 Å². The second-order valence-corrected chi connectivity index (χ2v) is 4.54. The third kappa shape index (κ3) is 3.11. The highest BCUT2D eigenvalue weighted by Gasteiger charge is 2.41. The van der Waals surface area contributed by atoms with E-state index >= 15 is 0 Å². The van der Waals surface area contributed by atoms with Crippen LogP contribution in [-0.4, -0.2) is 24.3 Å². The van der Waals surface area contributed by atoms with Crippen molar-refractivity contribution in [3.8, 4) is 0 Å². The van der Waals surface area contributed by atoms with Gasteiger partial charge in [0.05, 0.1) is 6.10 Å². The quantitative estimate of drug-likeness (QED) is 0.270. The van der Waals surface area contributed by atoms with Crippen molar-refractivity contribution >= 4 is 5.90 Å². The molecule has 1 fully saturated rings. The Morgan fingerprint density at radius 1 is 1.47 bits per heavy atom. The van der Waals surface area contributed by atoms with Crippen LogP contribution in [0.25, 0.3) is 10.4 Å². The van der Waals surface area contributed by atoms with Crippen LogP contribution in [0.5, 0.6) is 0 Å². The van der Waals surface area contributed by atoms with Gasteiger partial charge in [-0.3, -0.25) is 5.41 Å². The minimum absolute atomic E-state index is 0.0738. The van der Waals surface area contributed by atoms with Gasteiger partial charge in [0.2, 0.25) is 6.29 Å². The standard InChI is InChI=1S/C11H20N4O2/c1-5-9-6(2)7(3)10(14-15-13)11(17-9)16-8(4)12/h6-7,9-12H,5H2,1-4H3. The van der Waals surface area contributed by atoms with Gasteiger partial charge in [-0.2, -0.15) is 0 Å². The number of nitrogens with zero attached hydrogens (tertiary/aromatic N) is 3. The summed E-state index contributed by atoms with van der Waals surface area (Å²) < 4.78 is 11.1. The van der Waals surface area contributed by atoms with E-state index in [2.05, 4.69) is 23.9 Å². The Morgan fingerprint density at radius 3 is 2.59 bits per heavy atom. The van der Waals surface area contributed by atoms with Gasteiger partial charge in [0.1, 0.15) is 6.04 Å². The van der Waals surface area contributed by atoms with Crippen LogP contribution in [0.4, 0.5) is 0 Å². The molecule has 6 nitrogen and oxygen atoms in total. The number of ether oxygens (including phenoxy) is 2. The highest BCUT2D eigenvalue weighted by molar-refractivity contribution is 5.69. The number of rotatable bonds is 3. The van der Waals surface area contributed by atoms with E-state index in [1.165, 1.54) is 0 Å². The Balaban J connectivity index is 2.89. The molecular weight excluding hydrogens is 220 g/mol. The Morgan fingerprint density at radius 2 is 2.12 bits per heavy atom. The number of azide groups is 1. The van der Waals surface area contributed by atoms with Gasteiger partial charge in [-0.15, -0.1) is 0 Å². The van der Waals surface area contributed by atoms with Gasteiger partial charge < -0.3 is 9.47 Å². The zero-order chi connectivity index (χ0) is 13.0. The lowest BCUT2D eigenvalue weighted by atomic mass is 9.81. The lowest BCUT2D eigenvalue weighted by Crippen LogP contribution is -2.49. The van der Waals surface area contributed by atoms with E-state index in [0.29, 0.717) is 5.92 Å². The maximum atomic E-state index is 8.59. The van der Waals surface area contributed by atoms with Gasteiger partial charge in [0.25, 0.3) is 0 Å². The van der Waals surface area contributed by atoms with Crippen molar-refractivity contribution in [2.75, 3.05) is 0 Å². The summed E-state index contributed by atoms with van der Waals surface area (Å²) in [4.78, 5) is 2.85. The summed E-state index contributed by atoms with van der Waals surface area (Å²) in [5.74, 6) is 0.556. The zero-order valence-electron chi connectivity index (χ0n) is 10.8. The van der Waals surface area contributed by atoms with Crippen molar-refractivity contribution in [3.05, 3.63) is 10.4 Å². The largest absolute Gasteiger partial charge is 0.452 e. The highest BCUT2D eigenvalue weighted by Crippen LogP contribution is 2.34. The van der Waals surface area contributed by atoms with Crippen LogP contribution in [-0.2, 0) is 9.47 Å². The molecule has 0 amide bonds. The van der Waals surface area contributed by atoms with Crippen LogP contribution in [0.3, 0.4) is 0 Å². The first-order valence-corrected chi connectivity index (χ1v) is 5.92. The van der Waals surface area contributed by atoms with Crippen molar-refractivity contribution < 1.29 is 9.47 Å². The third-order valence-corrected chi connectivity index (χ3v) is 3.42. The van der Waals surface area contributed by atoms with Gasteiger partial charge >= 0.3 is 0 Å². The summed E-state index contributed by atoms with van der Waals surface area (Å²) in [5.41, 5.74) is 8.59. The fourth-order valence-electron chi connectivity index (χ4n) is 2.23. The van der Waals surface area contributed by atoms with Crippen LogP contribution in [0, 0.1) is 17.2 Å². The molecule has 6 heteroatoms. The molecule has 96 valence electrons. The predicted molar refractivity (Wildman–Crippen MR) is 64.7 cm³/mol. The first kappa shape index (κ1) is 13.8. The molecule has 0 saturated carbocycles.